The third-order valence-electron chi connectivity index (χ3n) is 3.57. The van der Waals surface area contributed by atoms with Crippen molar-refractivity contribution in [2.75, 3.05) is 7.11 Å². The standard InChI is InChI=1S/C17H15N5O3/c1-25-15-5-3-2-4-13(15)14(23)10-22-20-17(19-21-22)12-8-6-11(7-9-12)16(18)24/h2-9H,10H2,1H3,(H2,18,24). The Labute approximate surface area is 143 Å². The highest BCUT2D eigenvalue weighted by atomic mass is 16.5. The zero-order valence-corrected chi connectivity index (χ0v) is 13.4. The number of amides is 1. The average molecular weight is 337 g/mol. The number of aromatic nitrogens is 4. The fourth-order valence-electron chi connectivity index (χ4n) is 2.30. The van der Waals surface area contributed by atoms with Crippen LogP contribution in [0.1, 0.15) is 20.7 Å². The summed E-state index contributed by atoms with van der Waals surface area (Å²) in [4.78, 5) is 24.7. The Hall–Kier alpha value is -3.55. The molecule has 0 unspecified atom stereocenters. The molecule has 1 amide bonds. The number of ether oxygens (including phenoxy) is 1. The molecule has 3 aromatic rings. The highest BCUT2D eigenvalue weighted by Gasteiger charge is 2.14. The lowest BCUT2D eigenvalue weighted by atomic mass is 10.1. The van der Waals surface area contributed by atoms with Gasteiger partial charge in [-0.1, -0.05) is 24.3 Å². The van der Waals surface area contributed by atoms with E-state index in [1.165, 1.54) is 11.9 Å². The Bertz CT molecular complexity index is 918. The van der Waals surface area contributed by atoms with E-state index >= 15 is 0 Å². The van der Waals surface area contributed by atoms with Gasteiger partial charge in [-0.25, -0.2) is 0 Å². The lowest BCUT2D eigenvalue weighted by molar-refractivity contribution is 0.0956. The van der Waals surface area contributed by atoms with Gasteiger partial charge in [0, 0.05) is 11.1 Å². The molecule has 0 aliphatic rings. The number of primary amides is 1. The van der Waals surface area contributed by atoms with Crippen molar-refractivity contribution in [3.63, 3.8) is 0 Å². The third-order valence-corrected chi connectivity index (χ3v) is 3.57. The molecule has 0 aliphatic heterocycles. The van der Waals surface area contributed by atoms with E-state index in [2.05, 4.69) is 15.4 Å². The van der Waals surface area contributed by atoms with Crippen LogP contribution in [0.25, 0.3) is 11.4 Å². The van der Waals surface area contributed by atoms with E-state index < -0.39 is 5.91 Å². The van der Waals surface area contributed by atoms with Gasteiger partial charge >= 0.3 is 0 Å². The number of hydrogen-bond acceptors (Lipinski definition) is 6. The highest BCUT2D eigenvalue weighted by Crippen LogP contribution is 2.19. The Balaban J connectivity index is 1.77. The van der Waals surface area contributed by atoms with Crippen LogP contribution in [-0.4, -0.2) is 39.0 Å². The van der Waals surface area contributed by atoms with Gasteiger partial charge in [0.05, 0.1) is 12.7 Å². The first-order valence-electron chi connectivity index (χ1n) is 7.43. The zero-order valence-electron chi connectivity index (χ0n) is 13.4. The molecule has 126 valence electrons. The molecule has 25 heavy (non-hydrogen) atoms. The fourth-order valence-corrected chi connectivity index (χ4v) is 2.30. The van der Waals surface area contributed by atoms with Gasteiger partial charge < -0.3 is 10.5 Å². The van der Waals surface area contributed by atoms with Gasteiger partial charge in [-0.05, 0) is 29.5 Å². The molecule has 0 bridgehead atoms. The number of methoxy groups -OCH3 is 1. The summed E-state index contributed by atoms with van der Waals surface area (Å²) in [6.07, 6.45) is 0. The molecule has 8 nitrogen and oxygen atoms in total. The van der Waals surface area contributed by atoms with Gasteiger partial charge in [-0.2, -0.15) is 4.80 Å². The van der Waals surface area contributed by atoms with Crippen molar-refractivity contribution < 1.29 is 14.3 Å². The number of nitrogens with zero attached hydrogens (tertiary/aromatic N) is 4. The Morgan fingerprint density at radius 2 is 1.84 bits per heavy atom. The quantitative estimate of drug-likeness (QED) is 0.679. The van der Waals surface area contributed by atoms with Crippen LogP contribution in [0.5, 0.6) is 5.75 Å². The maximum atomic E-state index is 12.4. The summed E-state index contributed by atoms with van der Waals surface area (Å²) < 4.78 is 5.18. The van der Waals surface area contributed by atoms with E-state index in [9.17, 15) is 9.59 Å². The number of Topliss-reactive ketones (excluding diaryl/α,β-unsaturated/α-hetero) is 1. The largest absolute Gasteiger partial charge is 0.496 e. The molecule has 2 aromatic carbocycles. The second-order valence-electron chi connectivity index (χ2n) is 5.21. The molecule has 0 radical (unpaired) electrons. The second-order valence-corrected chi connectivity index (χ2v) is 5.21. The molecule has 0 aliphatic carbocycles. The molecule has 3 rings (SSSR count). The number of para-hydroxylation sites is 1. The molecule has 8 heteroatoms. The topological polar surface area (TPSA) is 113 Å². The molecular formula is C17H15N5O3. The summed E-state index contributed by atoms with van der Waals surface area (Å²) in [6, 6.07) is 13.5. The van der Waals surface area contributed by atoms with E-state index in [0.717, 1.165) is 0 Å². The number of carbonyl (C=O) groups excluding carboxylic acids is 2. The fraction of sp³-hybridized carbons (Fsp3) is 0.118. The average Bonchev–Trinajstić information content (AvgIpc) is 3.10. The number of hydrogen-bond donors (Lipinski definition) is 1. The Morgan fingerprint density at radius 3 is 2.52 bits per heavy atom. The van der Waals surface area contributed by atoms with Gasteiger partial charge in [0.2, 0.25) is 11.7 Å². The maximum Gasteiger partial charge on any atom is 0.248 e. The molecule has 0 saturated carbocycles. The van der Waals surface area contributed by atoms with Gasteiger partial charge in [0.25, 0.3) is 0 Å². The van der Waals surface area contributed by atoms with Gasteiger partial charge in [0.1, 0.15) is 12.3 Å². The second kappa shape index (κ2) is 6.91. The molecular weight excluding hydrogens is 322 g/mol. The molecule has 1 aromatic heterocycles. The first kappa shape index (κ1) is 16.3. The molecule has 0 fully saturated rings. The number of carbonyl (C=O) groups is 2. The minimum Gasteiger partial charge on any atom is -0.496 e. The summed E-state index contributed by atoms with van der Waals surface area (Å²) in [6.45, 7) is -0.0628. The van der Waals surface area contributed by atoms with E-state index in [4.69, 9.17) is 10.5 Å². The number of tetrazole rings is 1. The van der Waals surface area contributed by atoms with E-state index in [0.29, 0.717) is 28.3 Å². The van der Waals surface area contributed by atoms with Crippen molar-refractivity contribution in [3.05, 3.63) is 59.7 Å². The van der Waals surface area contributed by atoms with Crippen LogP contribution in [0, 0.1) is 0 Å². The van der Waals surface area contributed by atoms with Gasteiger partial charge in [-0.15, -0.1) is 10.2 Å². The summed E-state index contributed by atoms with van der Waals surface area (Å²) in [5, 5.41) is 12.0. The van der Waals surface area contributed by atoms with E-state index in [1.807, 2.05) is 0 Å². The summed E-state index contributed by atoms with van der Waals surface area (Å²) in [7, 11) is 1.51. The molecule has 1 heterocycles. The predicted molar refractivity (Wildman–Crippen MR) is 89.1 cm³/mol. The van der Waals surface area contributed by atoms with Crippen molar-refractivity contribution in [2.45, 2.75) is 6.54 Å². The van der Waals surface area contributed by atoms with E-state index in [-0.39, 0.29) is 12.3 Å². The normalized spacial score (nSPS) is 10.4. The number of benzene rings is 2. The number of rotatable bonds is 6. The number of ketones is 1. The first-order chi connectivity index (χ1) is 12.1. The van der Waals surface area contributed by atoms with Crippen molar-refractivity contribution in [1.82, 2.24) is 20.2 Å². The smallest absolute Gasteiger partial charge is 0.248 e. The van der Waals surface area contributed by atoms with Crippen molar-refractivity contribution in [3.8, 4) is 17.1 Å². The Kier molecular flexibility index (Phi) is 4.51. The van der Waals surface area contributed by atoms with Gasteiger partial charge in [0.15, 0.2) is 5.78 Å². The van der Waals surface area contributed by atoms with Crippen LogP contribution in [0.15, 0.2) is 48.5 Å². The minimum atomic E-state index is -0.509. The lowest BCUT2D eigenvalue weighted by Crippen LogP contribution is -2.14. The van der Waals surface area contributed by atoms with Crippen LogP contribution in [0.4, 0.5) is 0 Å². The van der Waals surface area contributed by atoms with Crippen molar-refractivity contribution >= 4 is 11.7 Å². The predicted octanol–water partition coefficient (Wildman–Crippen LogP) is 1.33. The van der Waals surface area contributed by atoms with E-state index in [1.54, 1.807) is 48.5 Å². The maximum absolute atomic E-state index is 12.4. The highest BCUT2D eigenvalue weighted by molar-refractivity contribution is 5.98. The van der Waals surface area contributed by atoms with Crippen LogP contribution >= 0.6 is 0 Å². The molecule has 2 N–H and O–H groups in total. The Morgan fingerprint density at radius 1 is 1.12 bits per heavy atom. The molecule has 0 spiro atoms. The molecule has 0 atom stereocenters. The monoisotopic (exact) mass is 337 g/mol. The third kappa shape index (κ3) is 3.52. The van der Waals surface area contributed by atoms with Crippen LogP contribution in [0.2, 0.25) is 0 Å². The van der Waals surface area contributed by atoms with Crippen molar-refractivity contribution in [2.24, 2.45) is 5.73 Å². The van der Waals surface area contributed by atoms with Crippen LogP contribution < -0.4 is 10.5 Å². The summed E-state index contributed by atoms with van der Waals surface area (Å²) >= 11 is 0. The first-order valence-corrected chi connectivity index (χ1v) is 7.43. The number of nitrogens with two attached hydrogens (primary N) is 1. The van der Waals surface area contributed by atoms with Crippen LogP contribution in [-0.2, 0) is 6.54 Å². The minimum absolute atomic E-state index is 0.0628. The SMILES string of the molecule is COc1ccccc1C(=O)Cn1nnc(-c2ccc(C(N)=O)cc2)n1. The summed E-state index contributed by atoms with van der Waals surface area (Å²) in [5.41, 5.74) is 6.72. The van der Waals surface area contributed by atoms with Gasteiger partial charge in [-0.3, -0.25) is 9.59 Å². The zero-order chi connectivity index (χ0) is 17.8. The summed E-state index contributed by atoms with van der Waals surface area (Å²) in [5.74, 6) is 0.148. The molecule has 0 saturated heterocycles. The lowest BCUT2D eigenvalue weighted by Gasteiger charge is -2.06. The van der Waals surface area contributed by atoms with Crippen molar-refractivity contribution in [1.29, 1.82) is 0 Å². The van der Waals surface area contributed by atoms with Crippen LogP contribution in [0.3, 0.4) is 0 Å².